The number of nitrogens with one attached hydrogen (secondary N) is 1. The monoisotopic (exact) mass is 513 g/mol. The Balaban J connectivity index is 1.22. The Morgan fingerprint density at radius 3 is 2.39 bits per heavy atom. The highest BCUT2D eigenvalue weighted by Gasteiger charge is 2.20. The zero-order valence-electron chi connectivity index (χ0n) is 19.7. The van der Waals surface area contributed by atoms with Crippen molar-refractivity contribution in [2.75, 3.05) is 5.32 Å². The van der Waals surface area contributed by atoms with E-state index in [1.165, 1.54) is 10.9 Å². The number of primary amides is 1. The zero-order chi connectivity index (χ0) is 26.5. The fourth-order valence-corrected chi connectivity index (χ4v) is 3.44. The minimum atomic E-state index is -0.843. The minimum absolute atomic E-state index is 0.0855. The maximum atomic E-state index is 13.8. The van der Waals surface area contributed by atoms with Gasteiger partial charge in [0.05, 0.1) is 5.69 Å². The Hall–Kier alpha value is -5.46. The molecule has 2 amide bonds. The molecule has 13 heteroatoms. The van der Waals surface area contributed by atoms with Gasteiger partial charge >= 0.3 is 0 Å². The number of halogens is 1. The third kappa shape index (κ3) is 5.51. The average molecular weight is 513 g/mol. The van der Waals surface area contributed by atoms with Crippen LogP contribution in [0.4, 0.5) is 10.2 Å². The van der Waals surface area contributed by atoms with Crippen LogP contribution >= 0.6 is 0 Å². The van der Waals surface area contributed by atoms with Gasteiger partial charge in [-0.1, -0.05) is 36.4 Å². The molecule has 0 radical (unpaired) electrons. The van der Waals surface area contributed by atoms with Crippen LogP contribution in [0.3, 0.4) is 0 Å². The van der Waals surface area contributed by atoms with Crippen LogP contribution in [0.5, 0.6) is 5.75 Å². The van der Waals surface area contributed by atoms with Gasteiger partial charge in [-0.3, -0.25) is 9.59 Å². The number of hydrogen-bond acceptors (Lipinski definition) is 8. The summed E-state index contributed by atoms with van der Waals surface area (Å²) < 4.78 is 19.4. The van der Waals surface area contributed by atoms with E-state index < -0.39 is 11.8 Å². The summed E-state index contributed by atoms with van der Waals surface area (Å²) in [6, 6.07) is 22.1. The normalized spacial score (nSPS) is 10.8. The smallest absolute Gasteiger partial charge is 0.273 e. The number of ether oxygens (including phenoxy) is 1. The maximum absolute atomic E-state index is 13.8. The van der Waals surface area contributed by atoms with E-state index in [-0.39, 0.29) is 36.3 Å². The molecule has 2 aromatic heterocycles. The summed E-state index contributed by atoms with van der Waals surface area (Å²) in [5.74, 6) is -0.999. The lowest BCUT2D eigenvalue weighted by molar-refractivity contribution is -0.117. The molecule has 0 bridgehead atoms. The number of tetrazole rings is 1. The van der Waals surface area contributed by atoms with E-state index in [1.807, 2.05) is 6.07 Å². The number of hydrogen-bond donors (Lipinski definition) is 2. The van der Waals surface area contributed by atoms with Crippen LogP contribution in [0.2, 0.25) is 0 Å². The fraction of sp³-hybridized carbons (Fsp3) is 0.0800. The van der Waals surface area contributed by atoms with Crippen LogP contribution in [-0.2, 0) is 17.9 Å². The third-order valence-electron chi connectivity index (χ3n) is 5.29. The van der Waals surface area contributed by atoms with Gasteiger partial charge in [-0.05, 0) is 47.7 Å². The highest BCUT2D eigenvalue weighted by atomic mass is 19.1. The number of aromatic nitrogens is 7. The van der Waals surface area contributed by atoms with E-state index >= 15 is 0 Å². The third-order valence-corrected chi connectivity index (χ3v) is 5.29. The molecule has 0 saturated carbocycles. The predicted octanol–water partition coefficient (Wildman–Crippen LogP) is 2.38. The summed E-state index contributed by atoms with van der Waals surface area (Å²) in [4.78, 5) is 26.7. The molecule has 0 atom stereocenters. The minimum Gasteiger partial charge on any atom is -0.489 e. The molecule has 0 unspecified atom stereocenters. The van der Waals surface area contributed by atoms with Crippen LogP contribution in [0, 0.1) is 5.82 Å². The standard InChI is InChI=1S/C25H20FN9O3/c26-20-9-5-4-6-17(20)15-38-19-12-10-16(11-13-19)24-29-33-34(31-24)14-21(36)28-25-22(23(27)37)30-35(32-25)18-7-2-1-3-8-18/h1-13H,14-15H2,(H2,27,37)(H,28,32,36). The number of anilines is 1. The van der Waals surface area contributed by atoms with Gasteiger partial charge in [-0.25, -0.2) is 4.39 Å². The second-order valence-electron chi connectivity index (χ2n) is 7.98. The summed E-state index contributed by atoms with van der Waals surface area (Å²) in [7, 11) is 0. The van der Waals surface area contributed by atoms with E-state index in [0.29, 0.717) is 22.6 Å². The second-order valence-corrected chi connectivity index (χ2v) is 7.98. The van der Waals surface area contributed by atoms with Gasteiger partial charge in [0.25, 0.3) is 5.91 Å². The second kappa shape index (κ2) is 10.7. The van der Waals surface area contributed by atoms with Crippen molar-refractivity contribution in [3.63, 3.8) is 0 Å². The van der Waals surface area contributed by atoms with Crippen molar-refractivity contribution in [1.29, 1.82) is 0 Å². The Morgan fingerprint density at radius 1 is 0.921 bits per heavy atom. The molecule has 2 heterocycles. The molecule has 190 valence electrons. The number of nitrogens with zero attached hydrogens (tertiary/aromatic N) is 7. The number of carbonyl (C=O) groups is 2. The lowest BCUT2D eigenvalue weighted by Crippen LogP contribution is -2.23. The highest BCUT2D eigenvalue weighted by Crippen LogP contribution is 2.20. The largest absolute Gasteiger partial charge is 0.489 e. The van der Waals surface area contributed by atoms with Gasteiger partial charge in [0, 0.05) is 11.1 Å². The van der Waals surface area contributed by atoms with Gasteiger partial charge in [0.15, 0.2) is 11.5 Å². The van der Waals surface area contributed by atoms with E-state index in [9.17, 15) is 14.0 Å². The van der Waals surface area contributed by atoms with E-state index in [4.69, 9.17) is 10.5 Å². The molecule has 5 aromatic rings. The van der Waals surface area contributed by atoms with Crippen LogP contribution in [0.1, 0.15) is 16.1 Å². The van der Waals surface area contributed by atoms with Crippen LogP contribution in [0.25, 0.3) is 17.1 Å². The number of amides is 2. The lowest BCUT2D eigenvalue weighted by atomic mass is 10.2. The predicted molar refractivity (Wildman–Crippen MR) is 132 cm³/mol. The number of nitrogens with two attached hydrogens (primary N) is 1. The van der Waals surface area contributed by atoms with E-state index in [0.717, 1.165) is 4.80 Å². The summed E-state index contributed by atoms with van der Waals surface area (Å²) >= 11 is 0. The Bertz CT molecular complexity index is 1580. The van der Waals surface area contributed by atoms with Crippen molar-refractivity contribution < 1.29 is 18.7 Å². The molecule has 0 fully saturated rings. The van der Waals surface area contributed by atoms with Crippen molar-refractivity contribution in [2.24, 2.45) is 5.73 Å². The highest BCUT2D eigenvalue weighted by molar-refractivity contribution is 6.00. The van der Waals surface area contributed by atoms with Gasteiger partial charge in [0.1, 0.15) is 24.7 Å². The molecule has 38 heavy (non-hydrogen) atoms. The summed E-state index contributed by atoms with van der Waals surface area (Å²) in [6.45, 7) is -0.209. The number of carbonyl (C=O) groups excluding carboxylic acids is 2. The quantitative estimate of drug-likeness (QED) is 0.304. The zero-order valence-corrected chi connectivity index (χ0v) is 19.7. The molecule has 0 aliphatic heterocycles. The SMILES string of the molecule is NC(=O)c1nn(-c2ccccc2)nc1NC(=O)Cn1nnc(-c2ccc(OCc3ccccc3F)cc2)n1. The molecular formula is C25H20FN9O3. The first-order chi connectivity index (χ1) is 18.5. The summed E-state index contributed by atoms with van der Waals surface area (Å²) in [6.07, 6.45) is 0. The molecule has 0 spiro atoms. The van der Waals surface area contributed by atoms with Crippen molar-refractivity contribution in [3.8, 4) is 22.8 Å². The molecule has 0 saturated heterocycles. The number of benzene rings is 3. The summed E-state index contributed by atoms with van der Waals surface area (Å²) in [5, 5.41) is 22.8. The Kier molecular flexibility index (Phi) is 6.80. The lowest BCUT2D eigenvalue weighted by Gasteiger charge is -2.07. The number of para-hydroxylation sites is 1. The van der Waals surface area contributed by atoms with E-state index in [1.54, 1.807) is 66.7 Å². The molecule has 5 rings (SSSR count). The topological polar surface area (TPSA) is 156 Å². The van der Waals surface area contributed by atoms with Crippen LogP contribution in [-0.4, -0.2) is 47.0 Å². The first kappa shape index (κ1) is 24.2. The molecule has 3 aromatic carbocycles. The van der Waals surface area contributed by atoms with Crippen molar-refractivity contribution in [2.45, 2.75) is 13.2 Å². The molecular weight excluding hydrogens is 493 g/mol. The molecule has 3 N–H and O–H groups in total. The Labute approximate surface area is 214 Å². The summed E-state index contributed by atoms with van der Waals surface area (Å²) in [5.41, 5.74) is 6.88. The Morgan fingerprint density at radius 2 is 1.66 bits per heavy atom. The van der Waals surface area contributed by atoms with Gasteiger partial charge in [0.2, 0.25) is 11.7 Å². The van der Waals surface area contributed by atoms with Crippen LogP contribution < -0.4 is 15.8 Å². The van der Waals surface area contributed by atoms with Gasteiger partial charge in [-0.15, -0.1) is 25.2 Å². The number of rotatable bonds is 9. The van der Waals surface area contributed by atoms with Crippen molar-refractivity contribution in [3.05, 3.63) is 95.9 Å². The maximum Gasteiger partial charge on any atom is 0.273 e. The van der Waals surface area contributed by atoms with Gasteiger partial charge in [-0.2, -0.15) is 4.80 Å². The van der Waals surface area contributed by atoms with Crippen LogP contribution in [0.15, 0.2) is 78.9 Å². The molecule has 0 aliphatic rings. The van der Waals surface area contributed by atoms with Crippen molar-refractivity contribution >= 4 is 17.6 Å². The van der Waals surface area contributed by atoms with E-state index in [2.05, 4.69) is 30.9 Å². The first-order valence-corrected chi connectivity index (χ1v) is 11.3. The molecule has 12 nitrogen and oxygen atoms in total. The average Bonchev–Trinajstić information content (AvgIpc) is 3.56. The fourth-order valence-electron chi connectivity index (χ4n) is 3.44. The van der Waals surface area contributed by atoms with Crippen molar-refractivity contribution in [1.82, 2.24) is 35.2 Å². The first-order valence-electron chi connectivity index (χ1n) is 11.3. The molecule has 0 aliphatic carbocycles. The van der Waals surface area contributed by atoms with Gasteiger partial charge < -0.3 is 15.8 Å².